The first kappa shape index (κ1) is 20.6. The average molecular weight is 409 g/mol. The predicted octanol–water partition coefficient (Wildman–Crippen LogP) is 4.69. The van der Waals surface area contributed by atoms with Crippen LogP contribution in [-0.4, -0.2) is 21.4 Å². The van der Waals surface area contributed by atoms with Gasteiger partial charge in [-0.05, 0) is 68.3 Å². The number of benzene rings is 3. The zero-order chi connectivity index (χ0) is 21.2. The van der Waals surface area contributed by atoms with Crippen molar-refractivity contribution in [1.82, 2.24) is 0 Å². The molecule has 0 saturated heterocycles. The number of carbonyl (C=O) groups excluding carboxylic acids is 1. The molecule has 0 aromatic heterocycles. The minimum Gasteiger partial charge on any atom is -0.322 e. The first-order valence-corrected chi connectivity index (χ1v) is 10.7. The van der Waals surface area contributed by atoms with Gasteiger partial charge >= 0.3 is 0 Å². The molecule has 0 radical (unpaired) electrons. The van der Waals surface area contributed by atoms with Crippen LogP contribution >= 0.6 is 0 Å². The lowest BCUT2D eigenvalue weighted by molar-refractivity contribution is 0.102. The second-order valence-corrected chi connectivity index (χ2v) is 9.03. The van der Waals surface area contributed by atoms with Crippen LogP contribution in [0, 0.1) is 20.8 Å². The molecule has 150 valence electrons. The summed E-state index contributed by atoms with van der Waals surface area (Å²) in [4.78, 5) is 12.8. The summed E-state index contributed by atoms with van der Waals surface area (Å²) in [5.74, 6) is -0.238. The Balaban J connectivity index is 1.86. The number of nitrogens with zero attached hydrogens (tertiary/aromatic N) is 1. The number of amides is 1. The second-order valence-electron chi connectivity index (χ2n) is 7.06. The molecule has 3 aromatic carbocycles. The van der Waals surface area contributed by atoms with Crippen molar-refractivity contribution in [2.45, 2.75) is 25.7 Å². The number of sulfonamides is 1. The van der Waals surface area contributed by atoms with E-state index in [1.807, 2.05) is 38.1 Å². The van der Waals surface area contributed by atoms with E-state index in [0.29, 0.717) is 16.8 Å². The van der Waals surface area contributed by atoms with Crippen molar-refractivity contribution in [2.24, 2.45) is 0 Å². The summed E-state index contributed by atoms with van der Waals surface area (Å²) in [6, 6.07) is 19.3. The Morgan fingerprint density at radius 3 is 2.14 bits per heavy atom. The van der Waals surface area contributed by atoms with Crippen molar-refractivity contribution in [3.05, 3.63) is 89.0 Å². The van der Waals surface area contributed by atoms with Gasteiger partial charge < -0.3 is 5.32 Å². The summed E-state index contributed by atoms with van der Waals surface area (Å²) in [6.07, 6.45) is 0. The molecule has 0 fully saturated rings. The molecule has 5 nitrogen and oxygen atoms in total. The number of carbonyl (C=O) groups is 1. The van der Waals surface area contributed by atoms with Crippen LogP contribution in [0.2, 0.25) is 0 Å². The third-order valence-corrected chi connectivity index (χ3v) is 6.66. The maximum Gasteiger partial charge on any atom is 0.264 e. The van der Waals surface area contributed by atoms with Gasteiger partial charge in [-0.15, -0.1) is 0 Å². The molecular formula is C23H24N2O3S. The molecular weight excluding hydrogens is 384 g/mol. The molecule has 0 atom stereocenters. The first-order chi connectivity index (χ1) is 13.7. The predicted molar refractivity (Wildman–Crippen MR) is 117 cm³/mol. The maximum atomic E-state index is 12.9. The van der Waals surface area contributed by atoms with Crippen molar-refractivity contribution in [2.75, 3.05) is 16.7 Å². The zero-order valence-electron chi connectivity index (χ0n) is 16.9. The number of nitrogens with one attached hydrogen (secondary N) is 1. The molecule has 0 spiro atoms. The molecule has 0 bridgehead atoms. The van der Waals surface area contributed by atoms with Gasteiger partial charge in [-0.3, -0.25) is 9.10 Å². The Morgan fingerprint density at radius 1 is 0.862 bits per heavy atom. The normalized spacial score (nSPS) is 11.2. The van der Waals surface area contributed by atoms with E-state index in [-0.39, 0.29) is 10.8 Å². The number of hydrogen-bond acceptors (Lipinski definition) is 3. The summed E-state index contributed by atoms with van der Waals surface area (Å²) in [5, 5.41) is 2.89. The van der Waals surface area contributed by atoms with Crippen LogP contribution < -0.4 is 9.62 Å². The molecule has 0 aliphatic carbocycles. The summed E-state index contributed by atoms with van der Waals surface area (Å²) in [7, 11) is -2.17. The highest BCUT2D eigenvalue weighted by atomic mass is 32.2. The fourth-order valence-corrected chi connectivity index (χ4v) is 4.32. The summed E-state index contributed by atoms with van der Waals surface area (Å²) < 4.78 is 27.1. The van der Waals surface area contributed by atoms with Gasteiger partial charge in [0.25, 0.3) is 15.9 Å². The molecule has 1 amide bonds. The van der Waals surface area contributed by atoms with Crippen LogP contribution in [0.1, 0.15) is 27.0 Å². The minimum atomic E-state index is -3.69. The van der Waals surface area contributed by atoms with Crippen LogP contribution in [0.25, 0.3) is 0 Å². The molecule has 0 unspecified atom stereocenters. The van der Waals surface area contributed by atoms with Crippen LogP contribution in [0.4, 0.5) is 11.4 Å². The Bertz CT molecular complexity index is 1150. The first-order valence-electron chi connectivity index (χ1n) is 9.23. The van der Waals surface area contributed by atoms with E-state index in [1.54, 1.807) is 49.4 Å². The Labute approximate surface area is 172 Å². The number of rotatable bonds is 5. The maximum absolute atomic E-state index is 12.9. The average Bonchev–Trinajstić information content (AvgIpc) is 2.69. The largest absolute Gasteiger partial charge is 0.322 e. The van der Waals surface area contributed by atoms with Crippen molar-refractivity contribution in [1.29, 1.82) is 0 Å². The number of para-hydroxylation sites is 1. The van der Waals surface area contributed by atoms with Gasteiger partial charge in [-0.1, -0.05) is 35.9 Å². The third-order valence-electron chi connectivity index (χ3n) is 4.87. The van der Waals surface area contributed by atoms with E-state index in [0.717, 1.165) is 16.8 Å². The van der Waals surface area contributed by atoms with Gasteiger partial charge in [0.15, 0.2) is 0 Å². The van der Waals surface area contributed by atoms with Gasteiger partial charge in [0.05, 0.1) is 10.6 Å². The molecule has 0 heterocycles. The van der Waals surface area contributed by atoms with Crippen molar-refractivity contribution >= 4 is 27.3 Å². The summed E-state index contributed by atoms with van der Waals surface area (Å²) >= 11 is 0. The highest BCUT2D eigenvalue weighted by molar-refractivity contribution is 7.92. The lowest BCUT2D eigenvalue weighted by Gasteiger charge is -2.22. The van der Waals surface area contributed by atoms with E-state index in [2.05, 4.69) is 5.32 Å². The molecule has 3 aromatic rings. The molecule has 3 rings (SSSR count). The monoisotopic (exact) mass is 408 g/mol. The van der Waals surface area contributed by atoms with Gasteiger partial charge in [0.1, 0.15) is 0 Å². The second kappa shape index (κ2) is 8.09. The van der Waals surface area contributed by atoms with Crippen molar-refractivity contribution in [3.63, 3.8) is 0 Å². The van der Waals surface area contributed by atoms with Crippen LogP contribution in [0.3, 0.4) is 0 Å². The summed E-state index contributed by atoms with van der Waals surface area (Å²) in [6.45, 7) is 5.63. The highest BCUT2D eigenvalue weighted by Gasteiger charge is 2.23. The Morgan fingerprint density at radius 2 is 1.52 bits per heavy atom. The Kier molecular flexibility index (Phi) is 5.75. The molecule has 0 aliphatic rings. The standard InChI is InChI=1S/C23H24N2O3S/c1-16-9-12-20(13-10-16)29(27,28)25(4)22-14-11-19(15-18(22)3)23(26)24-21-8-6-5-7-17(21)2/h5-15H,1-4H3,(H,24,26). The van der Waals surface area contributed by atoms with Crippen LogP contribution in [0.15, 0.2) is 71.6 Å². The topological polar surface area (TPSA) is 66.5 Å². The lowest BCUT2D eigenvalue weighted by Crippen LogP contribution is -2.27. The number of aryl methyl sites for hydroxylation is 3. The van der Waals surface area contributed by atoms with E-state index < -0.39 is 10.0 Å². The molecule has 29 heavy (non-hydrogen) atoms. The SMILES string of the molecule is Cc1ccc(S(=O)(=O)N(C)c2ccc(C(=O)Nc3ccccc3C)cc2C)cc1. The van der Waals surface area contributed by atoms with Gasteiger partial charge in [0.2, 0.25) is 0 Å². The van der Waals surface area contributed by atoms with Crippen molar-refractivity contribution in [3.8, 4) is 0 Å². The lowest BCUT2D eigenvalue weighted by atomic mass is 10.1. The highest BCUT2D eigenvalue weighted by Crippen LogP contribution is 2.27. The molecule has 1 N–H and O–H groups in total. The van der Waals surface area contributed by atoms with E-state index >= 15 is 0 Å². The quantitative estimate of drug-likeness (QED) is 0.666. The van der Waals surface area contributed by atoms with Gasteiger partial charge in [0, 0.05) is 18.3 Å². The fraction of sp³-hybridized carbons (Fsp3) is 0.174. The molecule has 0 saturated carbocycles. The summed E-state index contributed by atoms with van der Waals surface area (Å²) in [5.41, 5.74) is 4.40. The van der Waals surface area contributed by atoms with Gasteiger partial charge in [-0.2, -0.15) is 0 Å². The van der Waals surface area contributed by atoms with Gasteiger partial charge in [-0.25, -0.2) is 8.42 Å². The van der Waals surface area contributed by atoms with Crippen LogP contribution in [-0.2, 0) is 10.0 Å². The zero-order valence-corrected chi connectivity index (χ0v) is 17.7. The number of anilines is 2. The van der Waals surface area contributed by atoms with E-state index in [1.165, 1.54) is 11.4 Å². The smallest absolute Gasteiger partial charge is 0.264 e. The van der Waals surface area contributed by atoms with E-state index in [9.17, 15) is 13.2 Å². The molecule has 6 heteroatoms. The fourth-order valence-electron chi connectivity index (χ4n) is 3.06. The van der Waals surface area contributed by atoms with E-state index in [4.69, 9.17) is 0 Å². The minimum absolute atomic E-state index is 0.228. The number of hydrogen-bond donors (Lipinski definition) is 1. The molecule has 0 aliphatic heterocycles. The third kappa shape index (κ3) is 4.32. The van der Waals surface area contributed by atoms with Crippen LogP contribution in [0.5, 0.6) is 0 Å². The Hall–Kier alpha value is -3.12. The van der Waals surface area contributed by atoms with Crippen molar-refractivity contribution < 1.29 is 13.2 Å².